The number of amides is 1. The molecule has 0 radical (unpaired) electrons. The molecule has 184 valence electrons. The fourth-order valence-electron chi connectivity index (χ4n) is 3.63. The summed E-state index contributed by atoms with van der Waals surface area (Å²) in [7, 11) is 1.67. The number of non-ortho nitro benzene ring substituents is 1. The summed E-state index contributed by atoms with van der Waals surface area (Å²) in [5, 5.41) is 56.6. The van der Waals surface area contributed by atoms with Gasteiger partial charge in [-0.25, -0.2) is 15.0 Å². The minimum Gasteiger partial charge on any atom is -0.504 e. The van der Waals surface area contributed by atoms with Crippen molar-refractivity contribution in [3.05, 3.63) is 52.6 Å². The topological polar surface area (TPSA) is 218 Å². The van der Waals surface area contributed by atoms with Crippen molar-refractivity contribution in [2.75, 3.05) is 18.9 Å². The van der Waals surface area contributed by atoms with Gasteiger partial charge in [0.1, 0.15) is 30.2 Å². The Kier molecular flexibility index (Phi) is 6.46. The van der Waals surface area contributed by atoms with Crippen molar-refractivity contribution in [1.29, 1.82) is 0 Å². The van der Waals surface area contributed by atoms with E-state index in [0.717, 1.165) is 12.1 Å². The Morgan fingerprint density at radius 3 is 2.74 bits per heavy atom. The molecule has 0 aliphatic carbocycles. The third-order valence-corrected chi connectivity index (χ3v) is 5.38. The molecule has 3 aromatic rings. The van der Waals surface area contributed by atoms with Crippen molar-refractivity contribution in [3.8, 4) is 11.5 Å². The van der Waals surface area contributed by atoms with Gasteiger partial charge in [-0.05, 0) is 0 Å². The van der Waals surface area contributed by atoms with Crippen LogP contribution in [-0.2, 0) is 4.74 Å². The third-order valence-electron chi connectivity index (χ3n) is 5.38. The van der Waals surface area contributed by atoms with Crippen LogP contribution in [0.15, 0.2) is 36.9 Å². The van der Waals surface area contributed by atoms with Crippen LogP contribution in [0.2, 0.25) is 0 Å². The molecule has 1 saturated heterocycles. The number of aromatic nitrogens is 4. The van der Waals surface area contributed by atoms with Crippen LogP contribution in [-0.4, -0.2) is 82.7 Å². The molecule has 2 aromatic heterocycles. The molecule has 1 aromatic carbocycles. The van der Waals surface area contributed by atoms with Gasteiger partial charge in [-0.2, -0.15) is 0 Å². The lowest BCUT2D eigenvalue weighted by atomic mass is 10.1. The van der Waals surface area contributed by atoms with Crippen molar-refractivity contribution in [2.24, 2.45) is 0 Å². The van der Waals surface area contributed by atoms with Gasteiger partial charge in [0, 0.05) is 19.7 Å². The van der Waals surface area contributed by atoms with Gasteiger partial charge >= 0.3 is 0 Å². The minimum atomic E-state index is -1.31. The Labute approximate surface area is 196 Å². The molecule has 1 aliphatic rings. The number of aliphatic hydroxyl groups is 2. The molecule has 1 fully saturated rings. The average molecular weight is 487 g/mol. The van der Waals surface area contributed by atoms with Crippen molar-refractivity contribution < 1.29 is 34.9 Å². The molecule has 35 heavy (non-hydrogen) atoms. The number of imidazole rings is 1. The van der Waals surface area contributed by atoms with Crippen LogP contribution in [0, 0.1) is 10.1 Å². The molecule has 1 aliphatic heterocycles. The summed E-state index contributed by atoms with van der Waals surface area (Å²) in [6.07, 6.45) is 1.04. The van der Waals surface area contributed by atoms with Gasteiger partial charge in [0.05, 0.1) is 22.9 Å². The zero-order valence-electron chi connectivity index (χ0n) is 18.1. The average Bonchev–Trinajstić information content (AvgIpc) is 3.39. The monoisotopic (exact) mass is 487 g/mol. The van der Waals surface area contributed by atoms with E-state index >= 15 is 0 Å². The molecule has 4 atom stereocenters. The Morgan fingerprint density at radius 1 is 1.26 bits per heavy atom. The minimum absolute atomic E-state index is 0.109. The van der Waals surface area contributed by atoms with Crippen LogP contribution in [0.25, 0.3) is 11.2 Å². The van der Waals surface area contributed by atoms with E-state index in [1.165, 1.54) is 29.4 Å². The molecule has 15 heteroatoms. The van der Waals surface area contributed by atoms with Crippen LogP contribution >= 0.6 is 0 Å². The number of phenolic OH excluding ortho intramolecular Hbond substituents is 2. The number of phenols is 2. The Balaban J connectivity index is 1.43. The zero-order valence-corrected chi connectivity index (χ0v) is 18.1. The summed E-state index contributed by atoms with van der Waals surface area (Å²) in [5.41, 5.74) is -0.203. The number of nitrogens with zero attached hydrogens (tertiary/aromatic N) is 5. The van der Waals surface area contributed by atoms with Gasteiger partial charge in [0.25, 0.3) is 11.6 Å². The summed E-state index contributed by atoms with van der Waals surface area (Å²) in [6.45, 7) is -0.109. The number of carbonyl (C=O) groups excluding carboxylic acids is 1. The highest BCUT2D eigenvalue weighted by Gasteiger charge is 2.43. The smallest absolute Gasteiger partial charge is 0.274 e. The Bertz CT molecular complexity index is 1310. The van der Waals surface area contributed by atoms with Crippen molar-refractivity contribution in [1.82, 2.24) is 24.8 Å². The number of hydrogen-bond donors (Lipinski definition) is 6. The first-order chi connectivity index (χ1) is 16.7. The van der Waals surface area contributed by atoms with Gasteiger partial charge in [-0.15, -0.1) is 0 Å². The van der Waals surface area contributed by atoms with E-state index in [0.29, 0.717) is 17.0 Å². The fraction of sp³-hybridized carbons (Fsp3) is 0.300. The van der Waals surface area contributed by atoms with Crippen LogP contribution in [0.5, 0.6) is 11.5 Å². The number of carbonyl (C=O) groups is 1. The molecule has 3 heterocycles. The predicted octanol–water partition coefficient (Wildman–Crippen LogP) is -0.207. The van der Waals surface area contributed by atoms with Crippen LogP contribution < -0.4 is 10.6 Å². The summed E-state index contributed by atoms with van der Waals surface area (Å²) >= 11 is 0. The number of rotatable bonds is 7. The number of fused-ring (bicyclic) bond motifs is 1. The second-order valence-electron chi connectivity index (χ2n) is 7.53. The molecule has 0 saturated carbocycles. The Morgan fingerprint density at radius 2 is 2.03 bits per heavy atom. The second kappa shape index (κ2) is 9.49. The highest BCUT2D eigenvalue weighted by atomic mass is 16.6. The lowest BCUT2D eigenvalue weighted by Crippen LogP contribution is -2.31. The number of anilines is 1. The Hall–Kier alpha value is -4.34. The largest absolute Gasteiger partial charge is 0.504 e. The van der Waals surface area contributed by atoms with E-state index < -0.39 is 58.1 Å². The molecule has 0 spiro atoms. The first kappa shape index (κ1) is 23.8. The van der Waals surface area contributed by atoms with E-state index in [-0.39, 0.29) is 6.54 Å². The normalized spacial score (nSPS) is 22.0. The SMILES string of the molecule is CNc1ncnc2c1ncn2[C@@H]1O[C@H](/C=C/CNC(=O)c2cc([N+](=O)[O-])cc(O)c2O)[C@@H](O)[C@H]1O. The highest BCUT2D eigenvalue weighted by Crippen LogP contribution is 2.34. The predicted molar refractivity (Wildman–Crippen MR) is 119 cm³/mol. The van der Waals surface area contributed by atoms with Crippen molar-refractivity contribution in [2.45, 2.75) is 24.5 Å². The number of benzene rings is 1. The third kappa shape index (κ3) is 4.42. The quantitative estimate of drug-likeness (QED) is 0.110. The summed E-state index contributed by atoms with van der Waals surface area (Å²) in [5.74, 6) is -1.99. The van der Waals surface area contributed by atoms with E-state index in [1.807, 2.05) is 0 Å². The molecular weight excluding hydrogens is 466 g/mol. The number of hydrogen-bond acceptors (Lipinski definition) is 12. The van der Waals surface area contributed by atoms with Crippen LogP contribution in [0.3, 0.4) is 0 Å². The van der Waals surface area contributed by atoms with Gasteiger partial charge in [0.2, 0.25) is 0 Å². The summed E-state index contributed by atoms with van der Waals surface area (Å²) in [4.78, 5) is 34.9. The van der Waals surface area contributed by atoms with E-state index in [1.54, 1.807) is 7.05 Å². The molecule has 0 unspecified atom stereocenters. The number of aliphatic hydroxyl groups excluding tert-OH is 2. The number of ether oxygens (including phenoxy) is 1. The summed E-state index contributed by atoms with van der Waals surface area (Å²) < 4.78 is 7.25. The van der Waals surface area contributed by atoms with Gasteiger partial charge in [-0.3, -0.25) is 19.5 Å². The number of aromatic hydroxyl groups is 2. The van der Waals surface area contributed by atoms with Crippen LogP contribution in [0.1, 0.15) is 16.6 Å². The van der Waals surface area contributed by atoms with Gasteiger partial charge in [-0.1, -0.05) is 12.2 Å². The van der Waals surface area contributed by atoms with E-state index in [4.69, 9.17) is 4.74 Å². The molecule has 1 amide bonds. The lowest BCUT2D eigenvalue weighted by Gasteiger charge is -2.16. The first-order valence-corrected chi connectivity index (χ1v) is 10.2. The number of nitrogens with one attached hydrogen (secondary N) is 2. The van der Waals surface area contributed by atoms with Gasteiger partial charge < -0.3 is 35.8 Å². The van der Waals surface area contributed by atoms with Crippen molar-refractivity contribution >= 4 is 28.6 Å². The number of nitro benzene ring substituents is 1. The molecule has 15 nitrogen and oxygen atoms in total. The van der Waals surface area contributed by atoms with Crippen LogP contribution in [0.4, 0.5) is 11.5 Å². The van der Waals surface area contributed by atoms with Gasteiger partial charge in [0.15, 0.2) is 29.2 Å². The highest BCUT2D eigenvalue weighted by molar-refractivity contribution is 5.98. The molecule has 0 bridgehead atoms. The maximum absolute atomic E-state index is 12.3. The zero-order chi connectivity index (χ0) is 25.3. The summed E-state index contributed by atoms with van der Waals surface area (Å²) in [6, 6.07) is 1.55. The second-order valence-corrected chi connectivity index (χ2v) is 7.53. The van der Waals surface area contributed by atoms with E-state index in [2.05, 4.69) is 25.6 Å². The molecule has 6 N–H and O–H groups in total. The maximum atomic E-state index is 12.3. The first-order valence-electron chi connectivity index (χ1n) is 10.2. The van der Waals surface area contributed by atoms with Crippen molar-refractivity contribution in [3.63, 3.8) is 0 Å². The fourth-order valence-corrected chi connectivity index (χ4v) is 3.63. The standard InChI is InChI=1S/C20H21N7O8/c1-21-17-13-18(24-7-23-17)26(8-25-13)20-16(31)15(30)12(35-20)3-2-4-22-19(32)10-5-9(27(33)34)6-11(28)14(10)29/h2-3,5-8,12,15-16,20,28-31H,4H2,1H3,(H,22,32)(H,21,23,24)/b3-2+/t12-,15-,16-,20-/m1/s1. The lowest BCUT2D eigenvalue weighted by molar-refractivity contribution is -0.385. The van der Waals surface area contributed by atoms with E-state index in [9.17, 15) is 35.3 Å². The molecule has 4 rings (SSSR count). The maximum Gasteiger partial charge on any atom is 0.274 e. The number of nitro groups is 1. The molecular formula is C20H21N7O8.